The summed E-state index contributed by atoms with van der Waals surface area (Å²) in [7, 11) is 1.49. The maximum absolute atomic E-state index is 12.1. The van der Waals surface area contributed by atoms with Crippen LogP contribution in [0.2, 0.25) is 0 Å². The van der Waals surface area contributed by atoms with Gasteiger partial charge in [-0.05, 0) is 36.2 Å². The van der Waals surface area contributed by atoms with Crippen LogP contribution in [0.4, 0.5) is 0 Å². The van der Waals surface area contributed by atoms with Gasteiger partial charge in [0.15, 0.2) is 18.1 Å². The van der Waals surface area contributed by atoms with Crippen molar-refractivity contribution < 1.29 is 28.2 Å². The average molecular weight is 361 g/mol. The lowest BCUT2D eigenvalue weighted by atomic mass is 10.2. The molecule has 0 atom stereocenters. The van der Waals surface area contributed by atoms with Crippen LogP contribution >= 0.6 is 0 Å². The van der Waals surface area contributed by atoms with E-state index >= 15 is 0 Å². The Morgan fingerprint density at radius 3 is 2.65 bits per heavy atom. The summed E-state index contributed by atoms with van der Waals surface area (Å²) in [6.07, 6.45) is 1.52. The molecule has 0 fully saturated rings. The van der Waals surface area contributed by atoms with Gasteiger partial charge in [-0.1, -0.05) is 13.8 Å². The summed E-state index contributed by atoms with van der Waals surface area (Å²) in [5.41, 5.74) is 0.276. The first-order valence-electron chi connectivity index (χ1n) is 8.26. The molecule has 0 saturated carbocycles. The summed E-state index contributed by atoms with van der Waals surface area (Å²) in [6.45, 7) is 4.47. The summed E-state index contributed by atoms with van der Waals surface area (Å²) in [5, 5.41) is 2.60. The number of furan rings is 1. The normalized spacial score (nSPS) is 10.5. The van der Waals surface area contributed by atoms with Gasteiger partial charge in [-0.2, -0.15) is 0 Å². The van der Waals surface area contributed by atoms with Crippen molar-refractivity contribution in [3.05, 3.63) is 47.9 Å². The number of carbonyl (C=O) groups excluding carboxylic acids is 2. The second-order valence-corrected chi connectivity index (χ2v) is 6.00. The molecule has 26 heavy (non-hydrogen) atoms. The molecule has 7 nitrogen and oxygen atoms in total. The largest absolute Gasteiger partial charge is 0.493 e. The highest BCUT2D eigenvalue weighted by Gasteiger charge is 2.14. The maximum atomic E-state index is 12.1. The lowest BCUT2D eigenvalue weighted by Crippen LogP contribution is -2.28. The highest BCUT2D eigenvalue weighted by Crippen LogP contribution is 2.28. The van der Waals surface area contributed by atoms with E-state index in [1.54, 1.807) is 24.3 Å². The molecule has 1 amide bonds. The van der Waals surface area contributed by atoms with Gasteiger partial charge in [0, 0.05) is 0 Å². The number of carbonyl (C=O) groups is 2. The molecule has 0 saturated heterocycles. The minimum atomic E-state index is -0.619. The molecule has 0 aliphatic rings. The van der Waals surface area contributed by atoms with Crippen LogP contribution < -0.4 is 14.8 Å². The van der Waals surface area contributed by atoms with Crippen LogP contribution in [0.1, 0.15) is 30.0 Å². The summed E-state index contributed by atoms with van der Waals surface area (Å²) < 4.78 is 21.0. The number of ether oxygens (including phenoxy) is 3. The van der Waals surface area contributed by atoms with E-state index in [9.17, 15) is 9.59 Å². The number of methoxy groups -OCH3 is 1. The number of hydrogen-bond acceptors (Lipinski definition) is 6. The molecule has 0 aliphatic heterocycles. The molecule has 1 N–H and O–H groups in total. The van der Waals surface area contributed by atoms with Crippen LogP contribution in [-0.2, 0) is 16.1 Å². The van der Waals surface area contributed by atoms with Crippen LogP contribution in [0.15, 0.2) is 41.0 Å². The van der Waals surface area contributed by atoms with E-state index < -0.39 is 11.9 Å². The predicted molar refractivity (Wildman–Crippen MR) is 94.2 cm³/mol. The van der Waals surface area contributed by atoms with Gasteiger partial charge in [-0.15, -0.1) is 0 Å². The van der Waals surface area contributed by atoms with Gasteiger partial charge in [-0.25, -0.2) is 4.79 Å². The van der Waals surface area contributed by atoms with Crippen molar-refractivity contribution >= 4 is 11.9 Å². The lowest BCUT2D eigenvalue weighted by Gasteiger charge is -2.13. The monoisotopic (exact) mass is 361 g/mol. The number of esters is 1. The fourth-order valence-electron chi connectivity index (χ4n) is 2.03. The molecule has 2 rings (SSSR count). The fourth-order valence-corrected chi connectivity index (χ4v) is 2.03. The summed E-state index contributed by atoms with van der Waals surface area (Å²) in [5.74, 6) is 0.928. The fraction of sp³-hybridized carbons (Fsp3) is 0.368. The van der Waals surface area contributed by atoms with Crippen molar-refractivity contribution in [3.8, 4) is 11.5 Å². The second-order valence-electron chi connectivity index (χ2n) is 6.00. The van der Waals surface area contributed by atoms with Crippen molar-refractivity contribution in [2.75, 3.05) is 20.3 Å². The van der Waals surface area contributed by atoms with E-state index in [-0.39, 0.29) is 18.7 Å². The van der Waals surface area contributed by atoms with Crippen LogP contribution in [0.3, 0.4) is 0 Å². The van der Waals surface area contributed by atoms with Gasteiger partial charge in [0.1, 0.15) is 5.76 Å². The van der Waals surface area contributed by atoms with Crippen LogP contribution in [0, 0.1) is 5.92 Å². The molecule has 1 heterocycles. The first kappa shape index (κ1) is 19.4. The topological polar surface area (TPSA) is 87.0 Å². The highest BCUT2D eigenvalue weighted by atomic mass is 16.5. The Hall–Kier alpha value is -2.96. The highest BCUT2D eigenvalue weighted by molar-refractivity contribution is 5.92. The van der Waals surface area contributed by atoms with Crippen molar-refractivity contribution in [1.29, 1.82) is 0 Å². The number of rotatable bonds is 9. The Bertz CT molecular complexity index is 724. The van der Waals surface area contributed by atoms with E-state index in [4.69, 9.17) is 18.6 Å². The number of benzene rings is 1. The van der Waals surface area contributed by atoms with Gasteiger partial charge in [-0.3, -0.25) is 4.79 Å². The average Bonchev–Trinajstić information content (AvgIpc) is 3.16. The van der Waals surface area contributed by atoms with Crippen molar-refractivity contribution in [1.82, 2.24) is 5.32 Å². The minimum absolute atomic E-state index is 0.235. The lowest BCUT2D eigenvalue weighted by molar-refractivity contribution is -0.124. The van der Waals surface area contributed by atoms with Crippen molar-refractivity contribution in [2.24, 2.45) is 5.92 Å². The van der Waals surface area contributed by atoms with E-state index in [2.05, 4.69) is 5.32 Å². The molecule has 0 unspecified atom stereocenters. The zero-order valence-corrected chi connectivity index (χ0v) is 15.1. The van der Waals surface area contributed by atoms with Gasteiger partial charge in [0.2, 0.25) is 0 Å². The zero-order valence-electron chi connectivity index (χ0n) is 15.1. The number of nitrogens with one attached hydrogen (secondary N) is 1. The molecule has 2 aromatic rings. The Morgan fingerprint density at radius 2 is 2.00 bits per heavy atom. The Labute approximate surface area is 152 Å². The summed E-state index contributed by atoms with van der Waals surface area (Å²) in [6, 6.07) is 8.21. The molecular formula is C19H23NO6. The number of hydrogen-bond donors (Lipinski definition) is 1. The van der Waals surface area contributed by atoms with E-state index in [0.29, 0.717) is 29.8 Å². The molecular weight excluding hydrogens is 338 g/mol. The van der Waals surface area contributed by atoms with Gasteiger partial charge < -0.3 is 23.9 Å². The van der Waals surface area contributed by atoms with Crippen molar-refractivity contribution in [2.45, 2.75) is 20.4 Å². The first-order valence-corrected chi connectivity index (χ1v) is 8.26. The zero-order chi connectivity index (χ0) is 18.9. The summed E-state index contributed by atoms with van der Waals surface area (Å²) in [4.78, 5) is 23.8. The van der Waals surface area contributed by atoms with Gasteiger partial charge in [0.05, 0.1) is 32.1 Å². The van der Waals surface area contributed by atoms with Crippen LogP contribution in [-0.4, -0.2) is 32.2 Å². The minimum Gasteiger partial charge on any atom is -0.493 e. The predicted octanol–water partition coefficient (Wildman–Crippen LogP) is 2.80. The quantitative estimate of drug-likeness (QED) is 0.691. The molecule has 1 aromatic carbocycles. The van der Waals surface area contributed by atoms with Gasteiger partial charge >= 0.3 is 5.97 Å². The van der Waals surface area contributed by atoms with E-state index in [1.165, 1.54) is 19.4 Å². The molecule has 0 radical (unpaired) electrons. The Balaban J connectivity index is 1.87. The smallest absolute Gasteiger partial charge is 0.338 e. The van der Waals surface area contributed by atoms with Crippen LogP contribution in [0.25, 0.3) is 0 Å². The second kappa shape index (κ2) is 9.50. The van der Waals surface area contributed by atoms with Crippen LogP contribution in [0.5, 0.6) is 11.5 Å². The third-order valence-corrected chi connectivity index (χ3v) is 3.35. The molecule has 7 heteroatoms. The molecule has 0 bridgehead atoms. The molecule has 0 spiro atoms. The standard InChI is InChI=1S/C19H23NO6/c1-13(2)11-25-16-7-6-14(9-17(16)23-3)19(22)26-12-18(21)20-10-15-5-4-8-24-15/h4-9,13H,10-12H2,1-3H3,(H,20,21). The third kappa shape index (κ3) is 5.84. The molecule has 0 aliphatic carbocycles. The molecule has 1 aromatic heterocycles. The molecule has 140 valence electrons. The van der Waals surface area contributed by atoms with Gasteiger partial charge in [0.25, 0.3) is 5.91 Å². The third-order valence-electron chi connectivity index (χ3n) is 3.35. The summed E-state index contributed by atoms with van der Waals surface area (Å²) >= 11 is 0. The maximum Gasteiger partial charge on any atom is 0.338 e. The Morgan fingerprint density at radius 1 is 1.19 bits per heavy atom. The van der Waals surface area contributed by atoms with Crippen molar-refractivity contribution in [3.63, 3.8) is 0 Å². The SMILES string of the molecule is COc1cc(C(=O)OCC(=O)NCc2ccco2)ccc1OCC(C)C. The number of amides is 1. The first-order chi connectivity index (χ1) is 12.5. The Kier molecular flexibility index (Phi) is 7.08. The van der Waals surface area contributed by atoms with E-state index in [0.717, 1.165) is 0 Å². The van der Waals surface area contributed by atoms with E-state index in [1.807, 2.05) is 13.8 Å².